The quantitative estimate of drug-likeness (QED) is 0.565. The van der Waals surface area contributed by atoms with Gasteiger partial charge in [0.15, 0.2) is 5.78 Å². The Bertz CT molecular complexity index is 312. The summed E-state index contributed by atoms with van der Waals surface area (Å²) in [6.07, 6.45) is 1.10. The molecule has 76 valence electrons. The molecule has 0 amide bonds. The highest BCUT2D eigenvalue weighted by Gasteiger charge is 2.08. The second kappa shape index (κ2) is 6.10. The first kappa shape index (κ1) is 11.6. The molecule has 1 aromatic rings. The van der Waals surface area contributed by atoms with Crippen molar-refractivity contribution < 1.29 is 4.79 Å². The fourth-order valence-electron chi connectivity index (χ4n) is 1.07. The Morgan fingerprint density at radius 1 is 1.43 bits per heavy atom. The molecule has 0 spiro atoms. The van der Waals surface area contributed by atoms with Crippen molar-refractivity contribution in [2.75, 3.05) is 11.5 Å². The third-order valence-electron chi connectivity index (χ3n) is 1.76. The largest absolute Gasteiger partial charge is 0.293 e. The number of thioether (sulfide) groups is 1. The number of ketones is 1. The van der Waals surface area contributed by atoms with Crippen molar-refractivity contribution in [3.8, 4) is 0 Å². The van der Waals surface area contributed by atoms with Crippen LogP contribution in [0.2, 0.25) is 5.02 Å². The zero-order valence-electron chi connectivity index (χ0n) is 8.13. The van der Waals surface area contributed by atoms with Crippen LogP contribution in [-0.2, 0) is 0 Å². The monoisotopic (exact) mass is 228 g/mol. The number of hydrogen-bond donors (Lipinski definition) is 0. The lowest BCUT2D eigenvalue weighted by atomic mass is 10.1. The van der Waals surface area contributed by atoms with Crippen molar-refractivity contribution >= 4 is 29.1 Å². The highest BCUT2D eigenvalue weighted by atomic mass is 35.5. The van der Waals surface area contributed by atoms with E-state index in [1.165, 1.54) is 0 Å². The molecule has 0 bridgehead atoms. The van der Waals surface area contributed by atoms with Crippen LogP contribution in [0.1, 0.15) is 23.7 Å². The predicted octanol–water partition coefficient (Wildman–Crippen LogP) is 3.67. The van der Waals surface area contributed by atoms with E-state index in [2.05, 4.69) is 6.92 Å². The summed E-state index contributed by atoms with van der Waals surface area (Å²) in [7, 11) is 0. The van der Waals surface area contributed by atoms with Crippen molar-refractivity contribution in [2.45, 2.75) is 13.3 Å². The number of halogens is 1. The van der Waals surface area contributed by atoms with Gasteiger partial charge in [-0.05, 0) is 24.3 Å². The maximum absolute atomic E-state index is 11.6. The van der Waals surface area contributed by atoms with Gasteiger partial charge in [0.1, 0.15) is 0 Å². The molecule has 3 heteroatoms. The van der Waals surface area contributed by atoms with Crippen LogP contribution in [0.4, 0.5) is 0 Å². The average Bonchev–Trinajstić information content (AvgIpc) is 2.18. The van der Waals surface area contributed by atoms with Gasteiger partial charge < -0.3 is 0 Å². The third-order valence-corrected chi connectivity index (χ3v) is 3.25. The summed E-state index contributed by atoms with van der Waals surface area (Å²) < 4.78 is 0. The Hall–Kier alpha value is -0.470. The van der Waals surface area contributed by atoms with Gasteiger partial charge >= 0.3 is 0 Å². The van der Waals surface area contributed by atoms with Crippen LogP contribution in [0.3, 0.4) is 0 Å². The van der Waals surface area contributed by atoms with Gasteiger partial charge in [-0.3, -0.25) is 4.79 Å². The van der Waals surface area contributed by atoms with E-state index in [0.29, 0.717) is 16.3 Å². The number of hydrogen-bond acceptors (Lipinski definition) is 2. The fourth-order valence-corrected chi connectivity index (χ4v) is 2.09. The molecule has 0 aliphatic carbocycles. The molecule has 0 aromatic heterocycles. The molecular formula is C11H13ClOS. The second-order valence-electron chi connectivity index (χ2n) is 2.96. The van der Waals surface area contributed by atoms with Gasteiger partial charge in [0, 0.05) is 5.56 Å². The predicted molar refractivity (Wildman–Crippen MR) is 63.4 cm³/mol. The van der Waals surface area contributed by atoms with Crippen molar-refractivity contribution in [1.82, 2.24) is 0 Å². The van der Waals surface area contributed by atoms with E-state index in [1.54, 1.807) is 23.9 Å². The minimum atomic E-state index is 0.119. The summed E-state index contributed by atoms with van der Waals surface area (Å²) in [5.74, 6) is 1.67. The van der Waals surface area contributed by atoms with Crippen LogP contribution >= 0.6 is 23.4 Å². The Morgan fingerprint density at radius 2 is 2.14 bits per heavy atom. The molecule has 0 N–H and O–H groups in total. The SMILES string of the molecule is CCCSCC(=O)c1ccccc1Cl. The van der Waals surface area contributed by atoms with E-state index in [1.807, 2.05) is 12.1 Å². The van der Waals surface area contributed by atoms with Gasteiger partial charge in [0.2, 0.25) is 0 Å². The molecule has 0 atom stereocenters. The Labute approximate surface area is 93.8 Å². The Morgan fingerprint density at radius 3 is 2.79 bits per heavy atom. The zero-order valence-corrected chi connectivity index (χ0v) is 9.70. The number of benzene rings is 1. The van der Waals surface area contributed by atoms with Crippen LogP contribution in [0.25, 0.3) is 0 Å². The molecule has 1 nitrogen and oxygen atoms in total. The molecule has 1 aromatic carbocycles. The molecule has 0 saturated heterocycles. The average molecular weight is 229 g/mol. The minimum Gasteiger partial charge on any atom is -0.293 e. The number of carbonyl (C=O) groups is 1. The first-order valence-electron chi connectivity index (χ1n) is 4.61. The number of carbonyl (C=O) groups excluding carboxylic acids is 1. The van der Waals surface area contributed by atoms with Crippen molar-refractivity contribution in [3.63, 3.8) is 0 Å². The molecule has 0 aliphatic rings. The molecule has 0 unspecified atom stereocenters. The van der Waals surface area contributed by atoms with E-state index >= 15 is 0 Å². The van der Waals surface area contributed by atoms with E-state index in [9.17, 15) is 4.79 Å². The van der Waals surface area contributed by atoms with Crippen molar-refractivity contribution in [2.24, 2.45) is 0 Å². The summed E-state index contributed by atoms with van der Waals surface area (Å²) in [4.78, 5) is 11.6. The van der Waals surface area contributed by atoms with E-state index in [0.717, 1.165) is 12.2 Å². The molecule has 1 rings (SSSR count). The lowest BCUT2D eigenvalue weighted by molar-refractivity contribution is 0.102. The normalized spacial score (nSPS) is 10.1. The zero-order chi connectivity index (χ0) is 10.4. The Balaban J connectivity index is 2.56. The summed E-state index contributed by atoms with van der Waals surface area (Å²) >= 11 is 7.56. The lowest BCUT2D eigenvalue weighted by Crippen LogP contribution is -2.03. The van der Waals surface area contributed by atoms with Crippen LogP contribution in [-0.4, -0.2) is 17.3 Å². The highest BCUT2D eigenvalue weighted by Crippen LogP contribution is 2.17. The van der Waals surface area contributed by atoms with E-state index < -0.39 is 0 Å². The van der Waals surface area contributed by atoms with E-state index in [4.69, 9.17) is 11.6 Å². The van der Waals surface area contributed by atoms with Crippen LogP contribution in [0.15, 0.2) is 24.3 Å². The summed E-state index contributed by atoms with van der Waals surface area (Å²) in [5.41, 5.74) is 0.637. The van der Waals surface area contributed by atoms with Crippen molar-refractivity contribution in [1.29, 1.82) is 0 Å². The van der Waals surface area contributed by atoms with E-state index in [-0.39, 0.29) is 5.78 Å². The highest BCUT2D eigenvalue weighted by molar-refractivity contribution is 7.99. The van der Waals surface area contributed by atoms with Crippen LogP contribution in [0, 0.1) is 0 Å². The first-order chi connectivity index (χ1) is 6.75. The van der Waals surface area contributed by atoms with Gasteiger partial charge in [-0.1, -0.05) is 30.7 Å². The summed E-state index contributed by atoms with van der Waals surface area (Å²) in [6.45, 7) is 2.10. The second-order valence-corrected chi connectivity index (χ2v) is 4.47. The molecule has 0 radical (unpaired) electrons. The maximum atomic E-state index is 11.6. The topological polar surface area (TPSA) is 17.1 Å². The van der Waals surface area contributed by atoms with Gasteiger partial charge in [0.25, 0.3) is 0 Å². The smallest absolute Gasteiger partial charge is 0.174 e. The lowest BCUT2D eigenvalue weighted by Gasteiger charge is -2.02. The molecule has 14 heavy (non-hydrogen) atoms. The minimum absolute atomic E-state index is 0.119. The van der Waals surface area contributed by atoms with Gasteiger partial charge in [-0.15, -0.1) is 0 Å². The number of rotatable bonds is 5. The fraction of sp³-hybridized carbons (Fsp3) is 0.364. The molecule has 0 heterocycles. The molecular weight excluding hydrogens is 216 g/mol. The number of Topliss-reactive ketones (excluding diaryl/α,β-unsaturated/α-hetero) is 1. The molecule has 0 aliphatic heterocycles. The van der Waals surface area contributed by atoms with Gasteiger partial charge in [-0.25, -0.2) is 0 Å². The first-order valence-corrected chi connectivity index (χ1v) is 6.14. The molecule has 0 saturated carbocycles. The molecule has 0 fully saturated rings. The van der Waals surface area contributed by atoms with Gasteiger partial charge in [-0.2, -0.15) is 11.8 Å². The summed E-state index contributed by atoms with van der Waals surface area (Å²) in [6, 6.07) is 7.19. The van der Waals surface area contributed by atoms with Gasteiger partial charge in [0.05, 0.1) is 10.8 Å². The Kier molecular flexibility index (Phi) is 5.05. The standard InChI is InChI=1S/C11H13ClOS/c1-2-7-14-8-11(13)9-5-3-4-6-10(9)12/h3-6H,2,7-8H2,1H3. The van der Waals surface area contributed by atoms with Crippen LogP contribution < -0.4 is 0 Å². The summed E-state index contributed by atoms with van der Waals surface area (Å²) in [5, 5.41) is 0.551. The van der Waals surface area contributed by atoms with Crippen LogP contribution in [0.5, 0.6) is 0 Å². The maximum Gasteiger partial charge on any atom is 0.174 e. The van der Waals surface area contributed by atoms with Crippen molar-refractivity contribution in [3.05, 3.63) is 34.9 Å². The third kappa shape index (κ3) is 3.35.